The lowest BCUT2D eigenvalue weighted by Gasteiger charge is -2.62. The van der Waals surface area contributed by atoms with E-state index in [-0.39, 0.29) is 44.4 Å². The summed E-state index contributed by atoms with van der Waals surface area (Å²) in [6.07, 6.45) is -9.50. The van der Waals surface area contributed by atoms with Gasteiger partial charge in [0.25, 0.3) is 6.10 Å². The molecule has 0 heterocycles. The molecule has 3 N–H and O–H groups in total. The number of rotatable bonds is 6. The van der Waals surface area contributed by atoms with Crippen molar-refractivity contribution >= 4 is 18.0 Å². The van der Waals surface area contributed by atoms with Gasteiger partial charge in [0.1, 0.15) is 12.0 Å². The standard InChI is InChI=1S/C14H17F5O7S/c15-13(16,17)8(14(18,19)27-26-25-23)24-9(20)10-1-7-2-11(21,4-10)6-12(22,3-7)5-10/h7-8,21-23H,1-6H2. The van der Waals surface area contributed by atoms with Gasteiger partial charge in [-0.25, -0.2) is 5.26 Å². The summed E-state index contributed by atoms with van der Waals surface area (Å²) >= 11 is -1.17. The third-order valence-corrected chi connectivity index (χ3v) is 6.01. The highest BCUT2D eigenvalue weighted by atomic mass is 32.2. The molecule has 3 atom stereocenters. The smallest absolute Gasteiger partial charge is 0.432 e. The van der Waals surface area contributed by atoms with Crippen LogP contribution in [0.3, 0.4) is 0 Å². The molecule has 0 aromatic heterocycles. The largest absolute Gasteiger partial charge is 0.445 e. The zero-order valence-electron chi connectivity index (χ0n) is 13.7. The Morgan fingerprint density at radius 1 is 1.04 bits per heavy atom. The number of carbonyl (C=O) groups is 1. The van der Waals surface area contributed by atoms with Gasteiger partial charge in [0.15, 0.2) is 0 Å². The van der Waals surface area contributed by atoms with Gasteiger partial charge in [-0.2, -0.15) is 22.0 Å². The van der Waals surface area contributed by atoms with E-state index in [4.69, 9.17) is 5.26 Å². The molecule has 4 rings (SSSR count). The fourth-order valence-corrected chi connectivity index (χ4v) is 5.62. The van der Waals surface area contributed by atoms with Gasteiger partial charge in [-0.1, -0.05) is 5.04 Å². The molecule has 0 spiro atoms. The topological polar surface area (TPSA) is 105 Å². The molecule has 156 valence electrons. The second kappa shape index (κ2) is 6.39. The molecule has 4 aliphatic carbocycles. The zero-order chi connectivity index (χ0) is 20.3. The van der Waals surface area contributed by atoms with Crippen molar-refractivity contribution in [2.75, 3.05) is 0 Å². The molecule has 0 saturated heterocycles. The Bertz CT molecular complexity index is 597. The minimum Gasteiger partial charge on any atom is -0.445 e. The molecule has 4 saturated carbocycles. The van der Waals surface area contributed by atoms with Crippen molar-refractivity contribution in [1.29, 1.82) is 0 Å². The second-order valence-corrected chi connectivity index (χ2v) is 8.70. The fraction of sp³-hybridized carbons (Fsp3) is 0.929. The quantitative estimate of drug-likeness (QED) is 0.197. The van der Waals surface area contributed by atoms with Gasteiger partial charge < -0.3 is 14.9 Å². The predicted octanol–water partition coefficient (Wildman–Crippen LogP) is 2.57. The van der Waals surface area contributed by atoms with Gasteiger partial charge in [0.2, 0.25) is 0 Å². The number of aliphatic hydroxyl groups is 2. The van der Waals surface area contributed by atoms with Crippen molar-refractivity contribution in [2.45, 2.75) is 67.3 Å². The molecule has 0 aliphatic heterocycles. The molecule has 0 aromatic rings. The Kier molecular flexibility index (Phi) is 4.97. The lowest BCUT2D eigenvalue weighted by molar-refractivity contribution is -0.434. The van der Waals surface area contributed by atoms with Crippen LogP contribution in [0, 0.1) is 11.3 Å². The van der Waals surface area contributed by atoms with Crippen LogP contribution in [-0.2, 0) is 18.9 Å². The SMILES string of the molecule is O=C(OC(C(F)(F)F)C(F)(F)SOOO)C12CC3CC(O)(CC(O)(C3)C1)C2. The summed E-state index contributed by atoms with van der Waals surface area (Å²) in [5.74, 6) is -1.88. The van der Waals surface area contributed by atoms with E-state index in [1.807, 2.05) is 0 Å². The number of alkyl halides is 5. The van der Waals surface area contributed by atoms with Gasteiger partial charge in [-0.15, -0.1) is 4.33 Å². The van der Waals surface area contributed by atoms with Crippen LogP contribution in [0.5, 0.6) is 0 Å². The first kappa shape index (κ1) is 21.0. The lowest BCUT2D eigenvalue weighted by atomic mass is 9.46. The summed E-state index contributed by atoms with van der Waals surface area (Å²) in [6.45, 7) is 0. The Hall–Kier alpha value is -0.730. The van der Waals surface area contributed by atoms with Crippen LogP contribution in [0.1, 0.15) is 38.5 Å². The first-order chi connectivity index (χ1) is 12.2. The molecule has 4 fully saturated rings. The number of hydrogen-bond donors (Lipinski definition) is 3. The van der Waals surface area contributed by atoms with Crippen molar-refractivity contribution < 1.29 is 56.3 Å². The highest BCUT2D eigenvalue weighted by Crippen LogP contribution is 2.63. The average Bonchev–Trinajstić information content (AvgIpc) is 2.45. The maximum Gasteiger partial charge on any atom is 0.432 e. The summed E-state index contributed by atoms with van der Waals surface area (Å²) in [5.41, 5.74) is -4.58. The zero-order valence-corrected chi connectivity index (χ0v) is 14.5. The van der Waals surface area contributed by atoms with Crippen LogP contribution in [0.4, 0.5) is 22.0 Å². The molecule has 0 aromatic carbocycles. The fourth-order valence-electron chi connectivity index (χ4n) is 5.23. The van der Waals surface area contributed by atoms with Gasteiger partial charge in [-0.3, -0.25) is 4.79 Å². The Morgan fingerprint density at radius 2 is 1.59 bits per heavy atom. The molecule has 4 aliphatic rings. The van der Waals surface area contributed by atoms with Crippen LogP contribution in [-0.4, -0.2) is 50.2 Å². The minimum atomic E-state index is -5.65. The van der Waals surface area contributed by atoms with E-state index >= 15 is 0 Å². The normalized spacial score (nSPS) is 39.5. The highest BCUT2D eigenvalue weighted by Gasteiger charge is 2.68. The number of ether oxygens (including phenoxy) is 1. The minimum absolute atomic E-state index is 0.0259. The summed E-state index contributed by atoms with van der Waals surface area (Å²) in [6, 6.07) is 0. The van der Waals surface area contributed by atoms with Crippen LogP contribution in [0.15, 0.2) is 0 Å². The molecule has 3 unspecified atom stereocenters. The molecule has 0 radical (unpaired) electrons. The highest BCUT2D eigenvalue weighted by molar-refractivity contribution is 7.95. The summed E-state index contributed by atoms with van der Waals surface area (Å²) in [5, 5.41) is 27.0. The molecule has 27 heavy (non-hydrogen) atoms. The van der Waals surface area contributed by atoms with E-state index in [9.17, 15) is 37.0 Å². The molecular formula is C14H17F5O7S. The molecule has 4 bridgehead atoms. The molecule has 13 heteroatoms. The lowest BCUT2D eigenvalue weighted by Crippen LogP contribution is -2.65. The summed E-state index contributed by atoms with van der Waals surface area (Å²) in [7, 11) is 0. The molecular weight excluding hydrogens is 407 g/mol. The number of halogens is 5. The van der Waals surface area contributed by atoms with Gasteiger partial charge in [0.05, 0.1) is 16.6 Å². The number of hydrogen-bond acceptors (Lipinski definition) is 8. The molecule has 0 amide bonds. The average molecular weight is 424 g/mol. The maximum atomic E-state index is 13.8. The summed E-state index contributed by atoms with van der Waals surface area (Å²) in [4.78, 5) is 12.6. The number of carbonyl (C=O) groups excluding carboxylic acids is 1. The van der Waals surface area contributed by atoms with E-state index in [0.29, 0.717) is 0 Å². The van der Waals surface area contributed by atoms with Crippen LogP contribution < -0.4 is 0 Å². The third-order valence-electron chi connectivity index (χ3n) is 5.45. The Labute approximate surface area is 153 Å². The van der Waals surface area contributed by atoms with Crippen molar-refractivity contribution in [2.24, 2.45) is 11.3 Å². The van der Waals surface area contributed by atoms with Crippen molar-refractivity contribution in [3.8, 4) is 0 Å². The van der Waals surface area contributed by atoms with Gasteiger partial charge in [0, 0.05) is 6.42 Å². The maximum absolute atomic E-state index is 13.8. The van der Waals surface area contributed by atoms with Gasteiger partial charge in [-0.05, 0) is 38.0 Å². The van der Waals surface area contributed by atoms with Crippen molar-refractivity contribution in [1.82, 2.24) is 0 Å². The van der Waals surface area contributed by atoms with E-state index < -0.39 is 52.2 Å². The van der Waals surface area contributed by atoms with E-state index in [1.54, 1.807) is 0 Å². The summed E-state index contributed by atoms with van der Waals surface area (Å²) < 4.78 is 74.5. The Balaban J connectivity index is 1.84. The monoisotopic (exact) mass is 424 g/mol. The van der Waals surface area contributed by atoms with Crippen LogP contribution in [0.2, 0.25) is 0 Å². The van der Waals surface area contributed by atoms with E-state index in [0.717, 1.165) is 0 Å². The molecule has 7 nitrogen and oxygen atoms in total. The number of esters is 1. The van der Waals surface area contributed by atoms with Crippen molar-refractivity contribution in [3.05, 3.63) is 0 Å². The van der Waals surface area contributed by atoms with Crippen LogP contribution >= 0.6 is 12.0 Å². The predicted molar refractivity (Wildman–Crippen MR) is 76.8 cm³/mol. The third kappa shape index (κ3) is 3.90. The first-order valence-electron chi connectivity index (χ1n) is 7.99. The second-order valence-electron chi connectivity index (χ2n) is 7.85. The van der Waals surface area contributed by atoms with E-state index in [1.165, 1.54) is 0 Å². The van der Waals surface area contributed by atoms with E-state index in [2.05, 4.69) is 14.1 Å². The van der Waals surface area contributed by atoms with Gasteiger partial charge >= 0.3 is 17.4 Å². The van der Waals surface area contributed by atoms with Crippen LogP contribution in [0.25, 0.3) is 0 Å². The first-order valence-corrected chi connectivity index (χ1v) is 8.73. The van der Waals surface area contributed by atoms with Crippen molar-refractivity contribution in [3.63, 3.8) is 0 Å². The Morgan fingerprint density at radius 3 is 2.04 bits per heavy atom.